The molecule has 0 heterocycles. The topological polar surface area (TPSA) is 96.0 Å². The Kier molecular flexibility index (Phi) is 11.4. The average molecular weight is 628 g/mol. The Labute approximate surface area is 266 Å². The fourth-order valence-corrected chi connectivity index (χ4v) is 6.37. The lowest BCUT2D eigenvalue weighted by atomic mass is 10.0. The van der Waals surface area contributed by atoms with Crippen molar-refractivity contribution >= 4 is 27.5 Å². The van der Waals surface area contributed by atoms with Crippen LogP contribution in [0.25, 0.3) is 0 Å². The van der Waals surface area contributed by atoms with E-state index in [0.717, 1.165) is 21.0 Å². The van der Waals surface area contributed by atoms with Gasteiger partial charge in [0.2, 0.25) is 11.8 Å². The summed E-state index contributed by atoms with van der Waals surface area (Å²) in [5, 5.41) is 2.97. The van der Waals surface area contributed by atoms with E-state index in [1.807, 2.05) is 88.4 Å². The number of hydrogen-bond acceptors (Lipinski definition) is 5. The van der Waals surface area contributed by atoms with Gasteiger partial charge in [0.15, 0.2) is 0 Å². The maximum absolute atomic E-state index is 14.5. The standard InChI is InChI=1S/C36H41N3O5S/c1-5-44-32-20-18-31(19-21-32)39(45(42,43)33-22-16-28(4)17-23-33)26-35(40)38(25-30-14-10-7-11-15-30)34(36(41)37-27(2)3)24-29-12-8-6-9-13-29/h6-23,27,34H,5,24-26H2,1-4H3,(H,37,41). The normalized spacial score (nSPS) is 11.9. The molecule has 0 radical (unpaired) electrons. The predicted octanol–water partition coefficient (Wildman–Crippen LogP) is 5.75. The van der Waals surface area contributed by atoms with Crippen LogP contribution in [-0.4, -0.2) is 50.4 Å². The highest BCUT2D eigenvalue weighted by molar-refractivity contribution is 7.92. The number of anilines is 1. The molecule has 0 aromatic heterocycles. The van der Waals surface area contributed by atoms with Crippen molar-refractivity contribution in [3.8, 4) is 5.75 Å². The third-order valence-electron chi connectivity index (χ3n) is 7.22. The first-order chi connectivity index (χ1) is 21.6. The van der Waals surface area contributed by atoms with Crippen molar-refractivity contribution in [3.63, 3.8) is 0 Å². The molecule has 4 rings (SSSR count). The Morgan fingerprint density at radius 3 is 1.93 bits per heavy atom. The Morgan fingerprint density at radius 2 is 1.38 bits per heavy atom. The van der Waals surface area contributed by atoms with Crippen molar-refractivity contribution in [1.29, 1.82) is 0 Å². The van der Waals surface area contributed by atoms with Gasteiger partial charge in [-0.05, 0) is 75.2 Å². The van der Waals surface area contributed by atoms with Crippen LogP contribution in [0.5, 0.6) is 5.75 Å². The number of carbonyl (C=O) groups is 2. The van der Waals surface area contributed by atoms with E-state index in [1.54, 1.807) is 36.4 Å². The third-order valence-corrected chi connectivity index (χ3v) is 9.01. The van der Waals surface area contributed by atoms with Gasteiger partial charge in [0.05, 0.1) is 17.2 Å². The second kappa shape index (κ2) is 15.4. The molecule has 9 heteroatoms. The SMILES string of the molecule is CCOc1ccc(N(CC(=O)N(Cc2ccccc2)C(Cc2ccccc2)C(=O)NC(C)C)S(=O)(=O)c2ccc(C)cc2)cc1. The molecular weight excluding hydrogens is 586 g/mol. The van der Waals surface area contributed by atoms with Gasteiger partial charge in [-0.2, -0.15) is 0 Å². The molecule has 4 aromatic carbocycles. The molecule has 2 amide bonds. The molecule has 1 N–H and O–H groups in total. The number of benzene rings is 4. The average Bonchev–Trinajstić information content (AvgIpc) is 3.03. The molecular formula is C36H41N3O5S. The Balaban J connectivity index is 1.79. The molecule has 0 saturated heterocycles. The second-order valence-electron chi connectivity index (χ2n) is 11.1. The molecule has 0 bridgehead atoms. The van der Waals surface area contributed by atoms with E-state index in [9.17, 15) is 18.0 Å². The van der Waals surface area contributed by atoms with Crippen molar-refractivity contribution in [2.24, 2.45) is 0 Å². The number of carbonyl (C=O) groups excluding carboxylic acids is 2. The predicted molar refractivity (Wildman–Crippen MR) is 178 cm³/mol. The maximum Gasteiger partial charge on any atom is 0.264 e. The van der Waals surface area contributed by atoms with Crippen molar-refractivity contribution in [2.75, 3.05) is 17.5 Å². The molecule has 0 aliphatic heterocycles. The van der Waals surface area contributed by atoms with Crippen LogP contribution in [0.3, 0.4) is 0 Å². The highest BCUT2D eigenvalue weighted by Crippen LogP contribution is 2.27. The summed E-state index contributed by atoms with van der Waals surface area (Å²) in [6, 6.07) is 30.9. The van der Waals surface area contributed by atoms with E-state index in [1.165, 1.54) is 17.0 Å². The van der Waals surface area contributed by atoms with Gasteiger partial charge >= 0.3 is 0 Å². The summed E-state index contributed by atoms with van der Waals surface area (Å²) < 4.78 is 35.0. The molecule has 8 nitrogen and oxygen atoms in total. The smallest absolute Gasteiger partial charge is 0.264 e. The van der Waals surface area contributed by atoms with Gasteiger partial charge < -0.3 is 15.0 Å². The highest BCUT2D eigenvalue weighted by atomic mass is 32.2. The lowest BCUT2D eigenvalue weighted by molar-refractivity contribution is -0.140. The first kappa shape index (κ1) is 33.3. The summed E-state index contributed by atoms with van der Waals surface area (Å²) in [4.78, 5) is 29.8. The van der Waals surface area contributed by atoms with Crippen LogP contribution in [0.15, 0.2) is 114 Å². The van der Waals surface area contributed by atoms with E-state index in [4.69, 9.17) is 4.74 Å². The summed E-state index contributed by atoms with van der Waals surface area (Å²) in [5.41, 5.74) is 2.91. The molecule has 236 valence electrons. The minimum atomic E-state index is -4.18. The van der Waals surface area contributed by atoms with Gasteiger partial charge in [-0.25, -0.2) is 8.42 Å². The molecule has 45 heavy (non-hydrogen) atoms. The van der Waals surface area contributed by atoms with Crippen LogP contribution in [0.4, 0.5) is 5.69 Å². The minimum Gasteiger partial charge on any atom is -0.494 e. The number of nitrogens with zero attached hydrogens (tertiary/aromatic N) is 2. The number of ether oxygens (including phenoxy) is 1. The van der Waals surface area contributed by atoms with Crippen LogP contribution in [0, 0.1) is 6.92 Å². The monoisotopic (exact) mass is 627 g/mol. The van der Waals surface area contributed by atoms with Gasteiger partial charge in [0, 0.05) is 19.0 Å². The molecule has 4 aromatic rings. The highest BCUT2D eigenvalue weighted by Gasteiger charge is 2.34. The molecule has 0 saturated carbocycles. The summed E-state index contributed by atoms with van der Waals surface area (Å²) in [6.45, 7) is 7.52. The number of hydrogen-bond donors (Lipinski definition) is 1. The number of rotatable bonds is 14. The van der Waals surface area contributed by atoms with Crippen LogP contribution >= 0.6 is 0 Å². The number of nitrogens with one attached hydrogen (secondary N) is 1. The quantitative estimate of drug-likeness (QED) is 0.192. The zero-order valence-corrected chi connectivity index (χ0v) is 27.0. The number of amides is 2. The zero-order chi connectivity index (χ0) is 32.4. The summed E-state index contributed by atoms with van der Waals surface area (Å²) in [7, 11) is -4.18. The van der Waals surface area contributed by atoms with Gasteiger partial charge in [0.25, 0.3) is 10.0 Å². The zero-order valence-electron chi connectivity index (χ0n) is 26.2. The maximum atomic E-state index is 14.5. The van der Waals surface area contributed by atoms with Gasteiger partial charge in [-0.15, -0.1) is 0 Å². The fraction of sp³-hybridized carbons (Fsp3) is 0.278. The van der Waals surface area contributed by atoms with E-state index >= 15 is 0 Å². The van der Waals surface area contributed by atoms with Crippen molar-refractivity contribution in [1.82, 2.24) is 10.2 Å². The van der Waals surface area contributed by atoms with E-state index in [2.05, 4.69) is 5.32 Å². The molecule has 0 fully saturated rings. The van der Waals surface area contributed by atoms with Crippen LogP contribution in [0.2, 0.25) is 0 Å². The van der Waals surface area contributed by atoms with Gasteiger partial charge in [0.1, 0.15) is 18.3 Å². The Hall–Kier alpha value is -4.63. The molecule has 1 atom stereocenters. The summed E-state index contributed by atoms with van der Waals surface area (Å²) in [5.74, 6) is -0.241. The van der Waals surface area contributed by atoms with Crippen molar-refractivity contribution in [3.05, 3.63) is 126 Å². The van der Waals surface area contributed by atoms with Gasteiger partial charge in [-0.1, -0.05) is 78.4 Å². The molecule has 0 aliphatic rings. The summed E-state index contributed by atoms with van der Waals surface area (Å²) in [6.07, 6.45) is 0.256. The van der Waals surface area contributed by atoms with Gasteiger partial charge in [-0.3, -0.25) is 13.9 Å². The first-order valence-corrected chi connectivity index (χ1v) is 16.5. The second-order valence-corrected chi connectivity index (χ2v) is 13.0. The minimum absolute atomic E-state index is 0.0581. The Morgan fingerprint density at radius 1 is 0.800 bits per heavy atom. The first-order valence-electron chi connectivity index (χ1n) is 15.1. The van der Waals surface area contributed by atoms with E-state index in [0.29, 0.717) is 18.0 Å². The number of aryl methyl sites for hydroxylation is 1. The molecule has 0 aliphatic carbocycles. The summed E-state index contributed by atoms with van der Waals surface area (Å²) >= 11 is 0. The van der Waals surface area contributed by atoms with Crippen LogP contribution in [-0.2, 0) is 32.6 Å². The third kappa shape index (κ3) is 8.95. The molecule has 1 unspecified atom stereocenters. The number of sulfonamides is 1. The fourth-order valence-electron chi connectivity index (χ4n) is 4.96. The van der Waals surface area contributed by atoms with Crippen molar-refractivity contribution < 1.29 is 22.7 Å². The van der Waals surface area contributed by atoms with E-state index < -0.39 is 28.5 Å². The van der Waals surface area contributed by atoms with Crippen molar-refractivity contribution in [2.45, 2.75) is 57.6 Å². The lowest BCUT2D eigenvalue weighted by Crippen LogP contribution is -2.54. The van der Waals surface area contributed by atoms with Crippen LogP contribution < -0.4 is 14.4 Å². The molecule has 0 spiro atoms. The Bertz CT molecular complexity index is 1640. The van der Waals surface area contributed by atoms with E-state index in [-0.39, 0.29) is 29.8 Å². The lowest BCUT2D eigenvalue weighted by Gasteiger charge is -2.34. The largest absolute Gasteiger partial charge is 0.494 e. The van der Waals surface area contributed by atoms with Crippen LogP contribution in [0.1, 0.15) is 37.5 Å².